The summed E-state index contributed by atoms with van der Waals surface area (Å²) in [5.74, 6) is -6.06. The van der Waals surface area contributed by atoms with Gasteiger partial charge in [0, 0.05) is 0 Å². The molecule has 0 aliphatic rings. The normalized spacial score (nSPS) is 10.2. The van der Waals surface area contributed by atoms with Crippen molar-refractivity contribution in [2.24, 2.45) is 0 Å². The molecule has 3 rings (SSSR count). The van der Waals surface area contributed by atoms with Gasteiger partial charge in [-0.15, -0.1) is 0 Å². The number of carbonyl (C=O) groups is 2. The molecule has 0 fully saturated rings. The minimum Gasteiger partial charge on any atom is -0.460 e. The van der Waals surface area contributed by atoms with Crippen LogP contribution in [-0.2, 0) is 9.47 Å². The molecule has 10 nitrogen and oxygen atoms in total. The van der Waals surface area contributed by atoms with E-state index in [9.17, 15) is 20.1 Å². The molecule has 0 aliphatic carbocycles. The first-order valence-electron chi connectivity index (χ1n) is 10.8. The van der Waals surface area contributed by atoms with Crippen molar-refractivity contribution in [2.45, 2.75) is 0 Å². The molecule has 0 saturated carbocycles. The predicted octanol–water partition coefficient (Wildman–Crippen LogP) is 3.59. The van der Waals surface area contributed by atoms with Crippen molar-refractivity contribution >= 4 is 11.9 Å². The first kappa shape index (κ1) is 27.5. The second-order valence-electron chi connectivity index (χ2n) is 7.23. The topological polar surface area (TPSA) is 159 Å². The fourth-order valence-corrected chi connectivity index (χ4v) is 3.04. The maximum Gasteiger partial charge on any atom is 0.338 e. The van der Waals surface area contributed by atoms with Crippen LogP contribution in [-0.4, -0.2) is 48.6 Å². The molecule has 0 saturated heterocycles. The molecular formula is C26H18F2N2O8. The quantitative estimate of drug-likeness (QED) is 0.375. The van der Waals surface area contributed by atoms with E-state index in [2.05, 4.69) is 0 Å². The Bertz CT molecular complexity index is 1300. The lowest BCUT2D eigenvalue weighted by Gasteiger charge is -2.16. The van der Waals surface area contributed by atoms with Crippen LogP contribution in [0.2, 0.25) is 0 Å². The van der Waals surface area contributed by atoms with Crippen molar-refractivity contribution in [3.63, 3.8) is 0 Å². The van der Waals surface area contributed by atoms with Crippen molar-refractivity contribution < 1.29 is 47.5 Å². The van der Waals surface area contributed by atoms with Gasteiger partial charge in [-0.25, -0.2) is 18.4 Å². The first-order valence-corrected chi connectivity index (χ1v) is 10.8. The third-order valence-corrected chi connectivity index (χ3v) is 4.79. The highest BCUT2D eigenvalue weighted by molar-refractivity contribution is 5.90. The fraction of sp³-hybridized carbons (Fsp3) is 0.154. The zero-order valence-electron chi connectivity index (χ0n) is 19.4. The summed E-state index contributed by atoms with van der Waals surface area (Å²) >= 11 is 0. The van der Waals surface area contributed by atoms with Gasteiger partial charge in [-0.3, -0.25) is 0 Å². The Hall–Kier alpha value is -5.04. The van der Waals surface area contributed by atoms with E-state index in [0.29, 0.717) is 0 Å². The number of carbonyl (C=O) groups excluding carboxylic acids is 2. The number of ether oxygens (including phenoxy) is 4. The van der Waals surface area contributed by atoms with E-state index in [4.69, 9.17) is 29.2 Å². The molecule has 3 aromatic rings. The molecule has 2 N–H and O–H groups in total. The molecule has 0 aromatic heterocycles. The number of nitrogens with zero attached hydrogens (tertiary/aromatic N) is 2. The molecule has 0 atom stereocenters. The van der Waals surface area contributed by atoms with Crippen molar-refractivity contribution in [3.8, 4) is 35.1 Å². The summed E-state index contributed by atoms with van der Waals surface area (Å²) in [5, 5.41) is 36.1. The Morgan fingerprint density at radius 1 is 0.684 bits per heavy atom. The summed E-state index contributed by atoms with van der Waals surface area (Å²) in [4.78, 5) is 23.8. The van der Waals surface area contributed by atoms with Crippen LogP contribution in [0.1, 0.15) is 31.8 Å². The Morgan fingerprint density at radius 3 is 1.32 bits per heavy atom. The van der Waals surface area contributed by atoms with Gasteiger partial charge in [-0.05, 0) is 48.5 Å². The predicted molar refractivity (Wildman–Crippen MR) is 124 cm³/mol. The number of aliphatic hydroxyl groups is 2. The van der Waals surface area contributed by atoms with Crippen LogP contribution in [0.15, 0.2) is 48.5 Å². The third-order valence-electron chi connectivity index (χ3n) is 4.79. The highest BCUT2D eigenvalue weighted by atomic mass is 19.1. The number of hydrogen-bond acceptors (Lipinski definition) is 10. The van der Waals surface area contributed by atoms with E-state index in [1.54, 1.807) is 0 Å². The lowest BCUT2D eigenvalue weighted by molar-refractivity contribution is 0.0427. The number of rotatable bonds is 10. The number of nitriles is 2. The van der Waals surface area contributed by atoms with Crippen molar-refractivity contribution in [1.82, 2.24) is 0 Å². The Labute approximate surface area is 214 Å². The molecule has 38 heavy (non-hydrogen) atoms. The van der Waals surface area contributed by atoms with Crippen LogP contribution in [0.25, 0.3) is 0 Å². The molecule has 0 radical (unpaired) electrons. The van der Waals surface area contributed by atoms with Gasteiger partial charge in [0.2, 0.25) is 11.5 Å². The number of halogens is 2. The fourth-order valence-electron chi connectivity index (χ4n) is 3.04. The van der Waals surface area contributed by atoms with Crippen LogP contribution >= 0.6 is 0 Å². The Morgan fingerprint density at radius 2 is 1.03 bits per heavy atom. The molecular weight excluding hydrogens is 506 g/mol. The molecule has 0 aliphatic heterocycles. The molecule has 12 heteroatoms. The monoisotopic (exact) mass is 524 g/mol. The van der Waals surface area contributed by atoms with Crippen LogP contribution in [0.4, 0.5) is 8.78 Å². The van der Waals surface area contributed by atoms with Crippen LogP contribution < -0.4 is 9.47 Å². The summed E-state index contributed by atoms with van der Waals surface area (Å²) in [5.41, 5.74) is -1.63. The average molecular weight is 524 g/mol. The molecule has 0 amide bonds. The van der Waals surface area contributed by atoms with Crippen LogP contribution in [0.3, 0.4) is 0 Å². The van der Waals surface area contributed by atoms with E-state index in [1.165, 1.54) is 60.7 Å². The highest BCUT2D eigenvalue weighted by Gasteiger charge is 2.29. The molecule has 194 valence electrons. The van der Waals surface area contributed by atoms with Crippen LogP contribution in [0.5, 0.6) is 23.0 Å². The zero-order valence-corrected chi connectivity index (χ0v) is 19.4. The third kappa shape index (κ3) is 6.20. The van der Waals surface area contributed by atoms with Crippen molar-refractivity contribution in [1.29, 1.82) is 10.5 Å². The molecule has 0 unspecified atom stereocenters. The van der Waals surface area contributed by atoms with Crippen LogP contribution in [0, 0.1) is 34.3 Å². The summed E-state index contributed by atoms with van der Waals surface area (Å²) in [6, 6.07) is 12.9. The highest BCUT2D eigenvalue weighted by Crippen LogP contribution is 2.42. The minimum absolute atomic E-state index is 0.0811. The standard InChI is InChI=1S/C26H18F2N2O8/c27-21-19(13-29)20(14-30)22(28)24(38-18-7-3-16(4-8-18)26(34)36-12-10-32)23(21)37-17-5-1-15(2-6-17)25(33)35-11-9-31/h1-8,31-32H,9-12H2. The zero-order chi connectivity index (χ0) is 27.7. The second kappa shape index (κ2) is 12.8. The molecule has 0 bridgehead atoms. The summed E-state index contributed by atoms with van der Waals surface area (Å²) < 4.78 is 51.0. The van der Waals surface area contributed by atoms with Gasteiger partial charge in [0.05, 0.1) is 24.3 Å². The Balaban J connectivity index is 1.97. The molecule has 0 spiro atoms. The van der Waals surface area contributed by atoms with Gasteiger partial charge in [-0.2, -0.15) is 10.5 Å². The molecule has 3 aromatic carbocycles. The summed E-state index contributed by atoms with van der Waals surface area (Å²) in [6.07, 6.45) is 0. The van der Waals surface area contributed by atoms with E-state index < -0.39 is 46.2 Å². The van der Waals surface area contributed by atoms with Gasteiger partial charge in [0.15, 0.2) is 11.6 Å². The van der Waals surface area contributed by atoms with Gasteiger partial charge < -0.3 is 29.2 Å². The lowest BCUT2D eigenvalue weighted by atomic mass is 10.1. The van der Waals surface area contributed by atoms with E-state index in [-0.39, 0.29) is 49.1 Å². The van der Waals surface area contributed by atoms with Gasteiger partial charge in [-0.1, -0.05) is 0 Å². The SMILES string of the molecule is N#Cc1c(F)c(Oc2ccc(C(=O)OCCO)cc2)c(Oc2ccc(C(=O)OCCO)cc2)c(F)c1C#N. The molecule has 0 heterocycles. The van der Waals surface area contributed by atoms with Gasteiger partial charge in [0.1, 0.15) is 48.0 Å². The summed E-state index contributed by atoms with van der Waals surface area (Å²) in [7, 11) is 0. The Kier molecular flexibility index (Phi) is 9.26. The second-order valence-corrected chi connectivity index (χ2v) is 7.23. The first-order chi connectivity index (χ1) is 18.3. The number of esters is 2. The van der Waals surface area contributed by atoms with Gasteiger partial charge in [0.25, 0.3) is 0 Å². The average Bonchev–Trinajstić information content (AvgIpc) is 2.94. The smallest absolute Gasteiger partial charge is 0.338 e. The largest absolute Gasteiger partial charge is 0.460 e. The number of aliphatic hydroxyl groups excluding tert-OH is 2. The maximum atomic E-state index is 15.3. The van der Waals surface area contributed by atoms with Crippen molar-refractivity contribution in [2.75, 3.05) is 26.4 Å². The maximum absolute atomic E-state index is 15.3. The lowest BCUT2D eigenvalue weighted by Crippen LogP contribution is -2.08. The van der Waals surface area contributed by atoms with Crippen molar-refractivity contribution in [3.05, 3.63) is 82.4 Å². The minimum atomic E-state index is -1.36. The van der Waals surface area contributed by atoms with E-state index in [1.807, 2.05) is 0 Å². The number of benzene rings is 3. The number of hydrogen-bond donors (Lipinski definition) is 2. The van der Waals surface area contributed by atoms with E-state index >= 15 is 8.78 Å². The van der Waals surface area contributed by atoms with Gasteiger partial charge >= 0.3 is 11.9 Å². The van der Waals surface area contributed by atoms with E-state index in [0.717, 1.165) is 0 Å². The summed E-state index contributed by atoms with van der Waals surface area (Å²) in [6.45, 7) is -1.15.